The number of hydrogen-bond donors (Lipinski definition) is 1. The molecule has 2 aromatic rings. The Kier molecular flexibility index (Phi) is 5.72. The molecule has 1 heterocycles. The van der Waals surface area contributed by atoms with Gasteiger partial charge in [0.25, 0.3) is 10.1 Å². The largest absolute Gasteiger partial charge is 0.381 e. The first kappa shape index (κ1) is 19.2. The van der Waals surface area contributed by atoms with Gasteiger partial charge in [0.05, 0.1) is 24.7 Å². The molecule has 0 amide bonds. The quantitative estimate of drug-likeness (QED) is 0.540. The molecule has 10 heteroatoms. The Morgan fingerprint density at radius 3 is 2.44 bits per heavy atom. The fraction of sp³-hybridized carbons (Fsp3) is 0.400. The molecule has 0 spiro atoms. The second-order valence-corrected chi connectivity index (χ2v) is 8.81. The van der Waals surface area contributed by atoms with Gasteiger partial charge in [-0.2, -0.15) is 22.1 Å². The van der Waals surface area contributed by atoms with Gasteiger partial charge in [0.15, 0.2) is 5.75 Å². The van der Waals surface area contributed by atoms with Crippen molar-refractivity contribution in [3.8, 4) is 11.8 Å². The van der Waals surface area contributed by atoms with Crippen molar-refractivity contribution in [2.75, 3.05) is 19.1 Å². The topological polar surface area (TPSA) is 126 Å². The summed E-state index contributed by atoms with van der Waals surface area (Å²) in [4.78, 5) is 3.02. The summed E-state index contributed by atoms with van der Waals surface area (Å²) in [7, 11) is -7.16. The van der Waals surface area contributed by atoms with Crippen molar-refractivity contribution in [3.63, 3.8) is 0 Å². The lowest BCUT2D eigenvalue weighted by molar-refractivity contribution is 0.312. The zero-order chi connectivity index (χ0) is 18.7. The van der Waals surface area contributed by atoms with Crippen LogP contribution in [-0.2, 0) is 30.8 Å². The van der Waals surface area contributed by atoms with E-state index in [9.17, 15) is 22.1 Å². The Hall–Kier alpha value is -2.09. The third kappa shape index (κ3) is 5.74. The Balaban J connectivity index is 2.14. The third-order valence-corrected chi connectivity index (χ3v) is 4.44. The predicted molar refractivity (Wildman–Crippen MR) is 92.2 cm³/mol. The third-order valence-electron chi connectivity index (χ3n) is 3.37. The van der Waals surface area contributed by atoms with Gasteiger partial charge in [-0.05, 0) is 30.9 Å². The van der Waals surface area contributed by atoms with Gasteiger partial charge >= 0.3 is 10.1 Å². The molecule has 0 bridgehead atoms. The average Bonchev–Trinajstić information content (AvgIpc) is 2.85. The number of nitrogens with one attached hydrogen (secondary N) is 1. The summed E-state index contributed by atoms with van der Waals surface area (Å²) in [5.41, 5.74) is 1.72. The second-order valence-electron chi connectivity index (χ2n) is 5.59. The first-order valence-electron chi connectivity index (χ1n) is 7.37. The van der Waals surface area contributed by atoms with Gasteiger partial charge in [-0.1, -0.05) is 0 Å². The number of fused-ring (bicyclic) bond motifs is 1. The lowest BCUT2D eigenvalue weighted by Gasteiger charge is -2.06. The summed E-state index contributed by atoms with van der Waals surface area (Å²) in [5, 5.41) is 10.0. The number of aromatic amines is 1. The fourth-order valence-corrected chi connectivity index (χ4v) is 3.25. The van der Waals surface area contributed by atoms with Crippen LogP contribution in [-0.4, -0.2) is 40.9 Å². The van der Waals surface area contributed by atoms with Crippen molar-refractivity contribution in [1.29, 1.82) is 5.26 Å². The minimum absolute atomic E-state index is 0.0209. The van der Waals surface area contributed by atoms with Crippen molar-refractivity contribution in [2.45, 2.75) is 19.3 Å². The average molecular weight is 386 g/mol. The van der Waals surface area contributed by atoms with Gasteiger partial charge in [-0.3, -0.25) is 4.18 Å². The van der Waals surface area contributed by atoms with E-state index in [0.717, 1.165) is 23.5 Å². The summed E-state index contributed by atoms with van der Waals surface area (Å²) in [5.74, 6) is -0.0209. The molecule has 0 aliphatic carbocycles. The molecule has 0 unspecified atom stereocenters. The van der Waals surface area contributed by atoms with E-state index in [2.05, 4.69) is 9.17 Å². The second kappa shape index (κ2) is 7.43. The zero-order valence-corrected chi connectivity index (χ0v) is 15.4. The lowest BCUT2D eigenvalue weighted by atomic mass is 10.0. The molecule has 1 aromatic heterocycles. The van der Waals surface area contributed by atoms with E-state index in [0.29, 0.717) is 24.8 Å². The van der Waals surface area contributed by atoms with Crippen LogP contribution >= 0.6 is 0 Å². The van der Waals surface area contributed by atoms with Crippen LogP contribution in [0.4, 0.5) is 0 Å². The molecular weight excluding hydrogens is 368 g/mol. The molecule has 8 nitrogen and oxygen atoms in total. The minimum atomic E-state index is -3.73. The highest BCUT2D eigenvalue weighted by molar-refractivity contribution is 7.86. The molecule has 136 valence electrons. The van der Waals surface area contributed by atoms with Crippen LogP contribution in [0.15, 0.2) is 18.3 Å². The highest BCUT2D eigenvalue weighted by Crippen LogP contribution is 2.29. The molecule has 0 saturated carbocycles. The molecule has 0 aliphatic heterocycles. The molecular formula is C15H18N2O6S2. The molecule has 0 aliphatic rings. The maximum atomic E-state index is 11.3. The molecule has 2 rings (SSSR count). The molecule has 0 saturated heterocycles. The van der Waals surface area contributed by atoms with E-state index in [1.54, 1.807) is 12.3 Å². The van der Waals surface area contributed by atoms with Crippen LogP contribution in [0.1, 0.15) is 24.0 Å². The first-order chi connectivity index (χ1) is 11.6. The highest BCUT2D eigenvalue weighted by atomic mass is 32.2. The maximum absolute atomic E-state index is 11.3. The molecule has 25 heavy (non-hydrogen) atoms. The van der Waals surface area contributed by atoms with Crippen LogP contribution < -0.4 is 4.18 Å². The van der Waals surface area contributed by atoms with Gasteiger partial charge in [0.1, 0.15) is 6.07 Å². The van der Waals surface area contributed by atoms with E-state index in [-0.39, 0.29) is 17.9 Å². The number of hydrogen-bond acceptors (Lipinski definition) is 7. The molecule has 1 N–H and O–H groups in total. The van der Waals surface area contributed by atoms with Gasteiger partial charge in [-0.15, -0.1) is 0 Å². The zero-order valence-electron chi connectivity index (χ0n) is 13.8. The summed E-state index contributed by atoms with van der Waals surface area (Å²) in [6, 6.07) is 4.99. The fourth-order valence-electron chi connectivity index (χ4n) is 2.36. The van der Waals surface area contributed by atoms with Crippen LogP contribution in [0.5, 0.6) is 5.75 Å². The van der Waals surface area contributed by atoms with Gasteiger partial charge in [0, 0.05) is 23.2 Å². The number of H-pyrrole nitrogens is 1. The lowest BCUT2D eigenvalue weighted by Crippen LogP contribution is -2.07. The number of unbranched alkanes of at least 4 members (excludes halogenated alkanes) is 1. The van der Waals surface area contributed by atoms with Gasteiger partial charge in [-0.25, -0.2) is 0 Å². The Morgan fingerprint density at radius 1 is 1.12 bits per heavy atom. The first-order valence-corrected chi connectivity index (χ1v) is 11.0. The number of nitrogens with zero attached hydrogens (tertiary/aromatic N) is 1. The summed E-state index contributed by atoms with van der Waals surface area (Å²) in [6.45, 7) is 0.122. The van der Waals surface area contributed by atoms with Crippen LogP contribution in [0.2, 0.25) is 0 Å². The Bertz CT molecular complexity index is 1020. The number of nitriles is 1. The van der Waals surface area contributed by atoms with Crippen LogP contribution in [0, 0.1) is 11.3 Å². The monoisotopic (exact) mass is 386 g/mol. The smallest absolute Gasteiger partial charge is 0.306 e. The van der Waals surface area contributed by atoms with Gasteiger partial charge < -0.3 is 9.17 Å². The van der Waals surface area contributed by atoms with Crippen molar-refractivity contribution >= 4 is 31.1 Å². The molecule has 0 atom stereocenters. The van der Waals surface area contributed by atoms with Crippen LogP contribution in [0.25, 0.3) is 10.9 Å². The van der Waals surface area contributed by atoms with E-state index < -0.39 is 20.2 Å². The maximum Gasteiger partial charge on any atom is 0.306 e. The van der Waals surface area contributed by atoms with Crippen molar-refractivity contribution in [3.05, 3.63) is 29.5 Å². The standard InChI is InChI=1S/C15H18N2O6S2/c1-24(18,19)22-6-4-3-5-11-10-17-14-8-15(23-25(2,20)21)12(9-16)7-13(11)14/h7-8,10,17H,3-6H2,1-2H3. The van der Waals surface area contributed by atoms with E-state index in [1.807, 2.05) is 6.07 Å². The Morgan fingerprint density at radius 2 is 1.84 bits per heavy atom. The molecule has 0 fully saturated rings. The summed E-state index contributed by atoms with van der Waals surface area (Å²) >= 11 is 0. The number of rotatable bonds is 8. The van der Waals surface area contributed by atoms with E-state index in [1.165, 1.54) is 6.07 Å². The van der Waals surface area contributed by atoms with Gasteiger partial charge in [0.2, 0.25) is 0 Å². The number of aromatic nitrogens is 1. The summed E-state index contributed by atoms with van der Waals surface area (Å²) < 4.78 is 53.9. The van der Waals surface area contributed by atoms with Crippen molar-refractivity contribution in [2.24, 2.45) is 0 Å². The molecule has 1 aromatic carbocycles. The highest BCUT2D eigenvalue weighted by Gasteiger charge is 2.14. The minimum Gasteiger partial charge on any atom is -0.381 e. The van der Waals surface area contributed by atoms with E-state index in [4.69, 9.17) is 4.18 Å². The van der Waals surface area contributed by atoms with Crippen LogP contribution in [0.3, 0.4) is 0 Å². The van der Waals surface area contributed by atoms with Crippen molar-refractivity contribution < 1.29 is 25.2 Å². The molecule has 0 radical (unpaired) electrons. The predicted octanol–water partition coefficient (Wildman–Crippen LogP) is 1.68. The van der Waals surface area contributed by atoms with Crippen molar-refractivity contribution in [1.82, 2.24) is 4.98 Å². The number of benzene rings is 1. The Labute approximate surface area is 146 Å². The normalized spacial score (nSPS) is 12.2. The SMILES string of the molecule is CS(=O)(=O)OCCCCc1c[nH]c2cc(OS(C)(=O)=O)c(C#N)cc12. The number of aryl methyl sites for hydroxylation is 1. The van der Waals surface area contributed by atoms with E-state index >= 15 is 0 Å². The summed E-state index contributed by atoms with van der Waals surface area (Å²) in [6.07, 6.45) is 5.62.